The molecule has 17 heavy (non-hydrogen) atoms. The minimum atomic E-state index is -0.124. The predicted molar refractivity (Wildman–Crippen MR) is 68.8 cm³/mol. The predicted octanol–water partition coefficient (Wildman–Crippen LogP) is 1.83. The van der Waals surface area contributed by atoms with Crippen molar-refractivity contribution in [1.29, 1.82) is 0 Å². The van der Waals surface area contributed by atoms with Crippen molar-refractivity contribution >= 4 is 6.03 Å². The van der Waals surface area contributed by atoms with Gasteiger partial charge in [-0.15, -0.1) is 0 Å². The average Bonchev–Trinajstić information content (AvgIpc) is 2.35. The molecule has 0 aliphatic heterocycles. The Balaban J connectivity index is 2.23. The average molecular weight is 242 g/mol. The lowest BCUT2D eigenvalue weighted by Gasteiger charge is -2.28. The molecule has 2 N–H and O–H groups in total. The SMILES string of the molecule is CC1CCC(CNC(=O)N(C)C(C)CO)CC1. The second kappa shape index (κ2) is 6.84. The number of hydrogen-bond acceptors (Lipinski definition) is 2. The Morgan fingerprint density at radius 2 is 2.00 bits per heavy atom. The molecular formula is C13H26N2O2. The number of nitrogens with zero attached hydrogens (tertiary/aromatic N) is 1. The number of hydrogen-bond donors (Lipinski definition) is 2. The van der Waals surface area contributed by atoms with E-state index in [0.717, 1.165) is 12.5 Å². The van der Waals surface area contributed by atoms with Crippen LogP contribution in [0.2, 0.25) is 0 Å². The van der Waals surface area contributed by atoms with Gasteiger partial charge in [0.15, 0.2) is 0 Å². The fraction of sp³-hybridized carbons (Fsp3) is 0.923. The molecule has 4 nitrogen and oxygen atoms in total. The van der Waals surface area contributed by atoms with Crippen LogP contribution in [-0.2, 0) is 0 Å². The van der Waals surface area contributed by atoms with E-state index in [0.29, 0.717) is 5.92 Å². The molecule has 4 heteroatoms. The van der Waals surface area contributed by atoms with E-state index in [-0.39, 0.29) is 18.7 Å². The number of urea groups is 1. The summed E-state index contributed by atoms with van der Waals surface area (Å²) in [5.74, 6) is 1.48. The van der Waals surface area contributed by atoms with Crippen molar-refractivity contribution in [2.75, 3.05) is 20.2 Å². The molecule has 0 spiro atoms. The summed E-state index contributed by atoms with van der Waals surface area (Å²) in [4.78, 5) is 13.3. The first-order valence-corrected chi connectivity index (χ1v) is 6.66. The number of amides is 2. The molecule has 1 saturated carbocycles. The van der Waals surface area contributed by atoms with Gasteiger partial charge in [-0.3, -0.25) is 0 Å². The van der Waals surface area contributed by atoms with E-state index in [1.54, 1.807) is 11.9 Å². The fourth-order valence-corrected chi connectivity index (χ4v) is 2.21. The molecule has 1 unspecified atom stereocenters. The molecule has 0 bridgehead atoms. The van der Waals surface area contributed by atoms with Gasteiger partial charge in [0.1, 0.15) is 0 Å². The van der Waals surface area contributed by atoms with Crippen LogP contribution in [0.1, 0.15) is 39.5 Å². The quantitative estimate of drug-likeness (QED) is 0.790. The van der Waals surface area contributed by atoms with E-state index in [4.69, 9.17) is 5.11 Å². The smallest absolute Gasteiger partial charge is 0.317 e. The summed E-state index contributed by atoms with van der Waals surface area (Å²) in [5.41, 5.74) is 0. The summed E-state index contributed by atoms with van der Waals surface area (Å²) in [6.07, 6.45) is 5.01. The van der Waals surface area contributed by atoms with Gasteiger partial charge >= 0.3 is 6.03 Å². The Labute approximate surface area is 104 Å². The highest BCUT2D eigenvalue weighted by atomic mass is 16.3. The molecule has 2 amide bonds. The first-order valence-electron chi connectivity index (χ1n) is 6.66. The summed E-state index contributed by atoms with van der Waals surface area (Å²) in [7, 11) is 1.72. The Morgan fingerprint density at radius 1 is 1.41 bits per heavy atom. The highest BCUT2D eigenvalue weighted by molar-refractivity contribution is 5.74. The van der Waals surface area contributed by atoms with Crippen LogP contribution >= 0.6 is 0 Å². The van der Waals surface area contributed by atoms with Crippen LogP contribution in [0.15, 0.2) is 0 Å². The van der Waals surface area contributed by atoms with E-state index in [1.165, 1.54) is 25.7 Å². The third-order valence-corrected chi connectivity index (χ3v) is 3.92. The molecule has 0 aromatic carbocycles. The van der Waals surface area contributed by atoms with Crippen molar-refractivity contribution in [3.05, 3.63) is 0 Å². The Hall–Kier alpha value is -0.770. The van der Waals surface area contributed by atoms with E-state index >= 15 is 0 Å². The molecular weight excluding hydrogens is 216 g/mol. The minimum absolute atomic E-state index is 0.00482. The molecule has 0 aromatic rings. The van der Waals surface area contributed by atoms with E-state index < -0.39 is 0 Å². The van der Waals surface area contributed by atoms with Gasteiger partial charge in [0.2, 0.25) is 0 Å². The maximum absolute atomic E-state index is 11.8. The molecule has 1 atom stereocenters. The lowest BCUT2D eigenvalue weighted by atomic mass is 9.83. The third kappa shape index (κ3) is 4.54. The van der Waals surface area contributed by atoms with Crippen LogP contribution in [0.4, 0.5) is 4.79 Å². The summed E-state index contributed by atoms with van der Waals surface area (Å²) in [6.45, 7) is 4.91. The van der Waals surface area contributed by atoms with Crippen molar-refractivity contribution in [3.8, 4) is 0 Å². The minimum Gasteiger partial charge on any atom is -0.394 e. The Kier molecular flexibility index (Phi) is 5.75. The van der Waals surface area contributed by atoms with Gasteiger partial charge in [0.25, 0.3) is 0 Å². The van der Waals surface area contributed by atoms with Gasteiger partial charge in [0.05, 0.1) is 12.6 Å². The molecule has 0 radical (unpaired) electrons. The standard InChI is InChI=1S/C13H26N2O2/c1-10-4-6-12(7-5-10)8-14-13(17)15(3)11(2)9-16/h10-12,16H,4-9H2,1-3H3,(H,14,17). The second-order valence-electron chi connectivity index (χ2n) is 5.45. The van der Waals surface area contributed by atoms with E-state index in [1.807, 2.05) is 6.92 Å². The van der Waals surface area contributed by atoms with Crippen LogP contribution in [0, 0.1) is 11.8 Å². The zero-order chi connectivity index (χ0) is 12.8. The highest BCUT2D eigenvalue weighted by Gasteiger charge is 2.20. The van der Waals surface area contributed by atoms with Crippen LogP contribution in [-0.4, -0.2) is 42.3 Å². The summed E-state index contributed by atoms with van der Waals surface area (Å²) < 4.78 is 0. The van der Waals surface area contributed by atoms with Crippen molar-refractivity contribution in [1.82, 2.24) is 10.2 Å². The summed E-state index contributed by atoms with van der Waals surface area (Å²) in [6, 6.07) is -0.202. The van der Waals surface area contributed by atoms with Crippen molar-refractivity contribution in [2.24, 2.45) is 11.8 Å². The molecule has 1 fully saturated rings. The molecule has 0 heterocycles. The van der Waals surface area contributed by atoms with Gasteiger partial charge in [-0.25, -0.2) is 4.79 Å². The molecule has 1 rings (SSSR count). The summed E-state index contributed by atoms with van der Waals surface area (Å²) >= 11 is 0. The topological polar surface area (TPSA) is 52.6 Å². The van der Waals surface area contributed by atoms with Crippen LogP contribution < -0.4 is 5.32 Å². The maximum atomic E-state index is 11.8. The maximum Gasteiger partial charge on any atom is 0.317 e. The molecule has 100 valence electrons. The van der Waals surface area contributed by atoms with Gasteiger partial charge in [0, 0.05) is 13.6 Å². The van der Waals surface area contributed by atoms with Gasteiger partial charge in [-0.05, 0) is 31.6 Å². The normalized spacial score (nSPS) is 26.4. The Morgan fingerprint density at radius 3 is 2.53 bits per heavy atom. The molecule has 0 aromatic heterocycles. The zero-order valence-corrected chi connectivity index (χ0v) is 11.3. The fourth-order valence-electron chi connectivity index (χ4n) is 2.21. The first-order chi connectivity index (χ1) is 8.04. The molecule has 1 aliphatic carbocycles. The lowest BCUT2D eigenvalue weighted by Crippen LogP contribution is -2.45. The lowest BCUT2D eigenvalue weighted by molar-refractivity contribution is 0.155. The number of aliphatic hydroxyl groups is 1. The number of likely N-dealkylation sites (N-methyl/N-ethyl adjacent to an activating group) is 1. The summed E-state index contributed by atoms with van der Waals surface area (Å²) in [5, 5.41) is 11.9. The second-order valence-corrected chi connectivity index (χ2v) is 5.45. The molecule has 1 aliphatic rings. The first kappa shape index (κ1) is 14.3. The monoisotopic (exact) mass is 242 g/mol. The van der Waals surface area contributed by atoms with Gasteiger partial charge < -0.3 is 15.3 Å². The van der Waals surface area contributed by atoms with Crippen molar-refractivity contribution in [3.63, 3.8) is 0 Å². The van der Waals surface area contributed by atoms with E-state index in [9.17, 15) is 4.79 Å². The Bertz CT molecular complexity index is 238. The van der Waals surface area contributed by atoms with Crippen LogP contribution in [0.3, 0.4) is 0 Å². The number of carbonyl (C=O) groups excluding carboxylic acids is 1. The van der Waals surface area contributed by atoms with Crippen molar-refractivity contribution in [2.45, 2.75) is 45.6 Å². The van der Waals surface area contributed by atoms with Gasteiger partial charge in [-0.1, -0.05) is 19.8 Å². The van der Waals surface area contributed by atoms with Crippen LogP contribution in [0.5, 0.6) is 0 Å². The number of rotatable bonds is 4. The number of aliphatic hydroxyl groups excluding tert-OH is 1. The van der Waals surface area contributed by atoms with Crippen LogP contribution in [0.25, 0.3) is 0 Å². The number of carbonyl (C=O) groups is 1. The van der Waals surface area contributed by atoms with Crippen molar-refractivity contribution < 1.29 is 9.90 Å². The largest absolute Gasteiger partial charge is 0.394 e. The molecule has 0 saturated heterocycles. The third-order valence-electron chi connectivity index (χ3n) is 3.92. The van der Waals surface area contributed by atoms with Gasteiger partial charge in [-0.2, -0.15) is 0 Å². The highest BCUT2D eigenvalue weighted by Crippen LogP contribution is 2.27. The zero-order valence-electron chi connectivity index (χ0n) is 11.3. The van der Waals surface area contributed by atoms with E-state index in [2.05, 4.69) is 12.2 Å². The number of nitrogens with one attached hydrogen (secondary N) is 1.